The van der Waals surface area contributed by atoms with Crippen LogP contribution in [-0.2, 0) is 4.79 Å². The number of nitrogens with zero attached hydrogens (tertiary/aromatic N) is 1. The number of methoxy groups -OCH3 is 1. The van der Waals surface area contributed by atoms with E-state index in [0.29, 0.717) is 22.1 Å². The van der Waals surface area contributed by atoms with Crippen molar-refractivity contribution < 1.29 is 24.2 Å². The van der Waals surface area contributed by atoms with E-state index in [-0.39, 0.29) is 28.5 Å². The van der Waals surface area contributed by atoms with Crippen molar-refractivity contribution in [3.63, 3.8) is 0 Å². The second-order valence-electron chi connectivity index (χ2n) is 7.38. The summed E-state index contributed by atoms with van der Waals surface area (Å²) in [6.45, 7) is 1.64. The molecular formula is C23H24N6O5S. The molecule has 11 nitrogen and oxygen atoms in total. The highest BCUT2D eigenvalue weighted by Gasteiger charge is 2.21. The number of aryl methyl sites for hydroxylation is 1. The molecule has 12 heteroatoms. The molecule has 2 aromatic carbocycles. The smallest absolute Gasteiger partial charge is 0.305 e. The third-order valence-corrected chi connectivity index (χ3v) is 5.91. The minimum Gasteiger partial charge on any atom is -0.495 e. The van der Waals surface area contributed by atoms with Crippen molar-refractivity contribution in [3.05, 3.63) is 70.2 Å². The van der Waals surface area contributed by atoms with Crippen LogP contribution in [0, 0.1) is 12.3 Å². The van der Waals surface area contributed by atoms with Gasteiger partial charge in [-0.3, -0.25) is 19.8 Å². The molecule has 0 spiro atoms. The first-order chi connectivity index (χ1) is 16.7. The first-order valence-corrected chi connectivity index (χ1v) is 11.1. The number of thiazole rings is 1. The van der Waals surface area contributed by atoms with Crippen molar-refractivity contribution in [2.75, 3.05) is 17.7 Å². The highest BCUT2D eigenvalue weighted by molar-refractivity contribution is 7.17. The van der Waals surface area contributed by atoms with E-state index in [0.717, 1.165) is 11.3 Å². The number of ether oxygens (including phenoxy) is 1. The van der Waals surface area contributed by atoms with Gasteiger partial charge in [-0.25, -0.2) is 4.98 Å². The van der Waals surface area contributed by atoms with Gasteiger partial charge in [0.05, 0.1) is 31.0 Å². The van der Waals surface area contributed by atoms with Gasteiger partial charge in [0.1, 0.15) is 10.6 Å². The maximum atomic E-state index is 13.0. The van der Waals surface area contributed by atoms with Crippen LogP contribution in [0.4, 0.5) is 10.8 Å². The molecule has 3 rings (SSSR count). The maximum Gasteiger partial charge on any atom is 0.305 e. The molecule has 0 unspecified atom stereocenters. The van der Waals surface area contributed by atoms with Crippen molar-refractivity contribution >= 4 is 45.9 Å². The van der Waals surface area contributed by atoms with E-state index in [1.165, 1.54) is 25.3 Å². The summed E-state index contributed by atoms with van der Waals surface area (Å²) in [4.78, 5) is 41.7. The molecule has 2 amide bonds. The zero-order chi connectivity index (χ0) is 25.5. The first kappa shape index (κ1) is 25.2. The zero-order valence-electron chi connectivity index (χ0n) is 18.9. The van der Waals surface area contributed by atoms with Gasteiger partial charge >= 0.3 is 5.97 Å². The molecule has 0 aliphatic rings. The summed E-state index contributed by atoms with van der Waals surface area (Å²) in [5, 5.41) is 24.9. The number of carboxylic acid groups (broad SMARTS) is 1. The fourth-order valence-electron chi connectivity index (χ4n) is 3.26. The van der Waals surface area contributed by atoms with E-state index in [2.05, 4.69) is 20.9 Å². The van der Waals surface area contributed by atoms with Crippen LogP contribution < -0.4 is 26.4 Å². The Labute approximate surface area is 204 Å². The quantitative estimate of drug-likeness (QED) is 0.193. The molecule has 3 aromatic rings. The Morgan fingerprint density at radius 3 is 2.49 bits per heavy atom. The second kappa shape index (κ2) is 11.1. The third-order valence-electron chi connectivity index (χ3n) is 4.84. The minimum atomic E-state index is -1.06. The lowest BCUT2D eigenvalue weighted by atomic mass is 10.0. The number of carbonyl (C=O) groups excluding carboxylic acids is 2. The lowest BCUT2D eigenvalue weighted by Gasteiger charge is -2.18. The summed E-state index contributed by atoms with van der Waals surface area (Å²) in [6.07, 6.45) is -0.295. The van der Waals surface area contributed by atoms with E-state index in [4.69, 9.17) is 15.9 Å². The average molecular weight is 497 g/mol. The Morgan fingerprint density at radius 2 is 1.86 bits per heavy atom. The Kier molecular flexibility index (Phi) is 8.00. The molecule has 0 radical (unpaired) electrons. The predicted molar refractivity (Wildman–Crippen MR) is 132 cm³/mol. The largest absolute Gasteiger partial charge is 0.495 e. The SMILES string of the molecule is COc1ccc(C(=O)N[C@@H](CC(=O)O)c2ccccc2)cc1NC(=O)c1sc(NC(=N)N)nc1C. The Hall–Kier alpha value is -4.45. The van der Waals surface area contributed by atoms with Crippen LogP contribution in [-0.4, -0.2) is 40.9 Å². The summed E-state index contributed by atoms with van der Waals surface area (Å²) in [6, 6.07) is 12.5. The molecular weight excluding hydrogens is 472 g/mol. The summed E-state index contributed by atoms with van der Waals surface area (Å²) in [5.74, 6) is -2.03. The van der Waals surface area contributed by atoms with Crippen LogP contribution in [0.25, 0.3) is 0 Å². The van der Waals surface area contributed by atoms with Crippen molar-refractivity contribution in [2.24, 2.45) is 5.73 Å². The molecule has 35 heavy (non-hydrogen) atoms. The summed E-state index contributed by atoms with van der Waals surface area (Å²) < 4.78 is 5.31. The van der Waals surface area contributed by atoms with Crippen LogP contribution in [0.5, 0.6) is 5.75 Å². The standard InChI is InChI=1S/C23H24N6O5S/c1-12-19(35-23(26-12)29-22(24)25)21(33)28-16-10-14(8-9-17(16)34-2)20(32)27-15(11-18(30)31)13-6-4-3-5-7-13/h3-10,15H,11H2,1-2H3,(H,27,32)(H,28,33)(H,30,31)(H4,24,25,26,29)/t15-/m0/s1. The number of rotatable bonds is 9. The number of carbonyl (C=O) groups is 3. The fourth-order valence-corrected chi connectivity index (χ4v) is 4.13. The predicted octanol–water partition coefficient (Wildman–Crippen LogP) is 2.96. The monoisotopic (exact) mass is 496 g/mol. The number of carboxylic acids is 1. The second-order valence-corrected chi connectivity index (χ2v) is 8.38. The van der Waals surface area contributed by atoms with Gasteiger partial charge in [0.15, 0.2) is 11.1 Å². The highest BCUT2D eigenvalue weighted by Crippen LogP contribution is 2.29. The molecule has 0 aliphatic heterocycles. The highest BCUT2D eigenvalue weighted by atomic mass is 32.1. The number of nitrogens with two attached hydrogens (primary N) is 1. The Balaban J connectivity index is 1.83. The number of hydrogen-bond donors (Lipinski definition) is 6. The first-order valence-electron chi connectivity index (χ1n) is 10.3. The van der Waals surface area contributed by atoms with E-state index in [9.17, 15) is 19.5 Å². The molecule has 0 saturated carbocycles. The molecule has 1 heterocycles. The molecule has 0 saturated heterocycles. The maximum absolute atomic E-state index is 13.0. The molecule has 7 N–H and O–H groups in total. The van der Waals surface area contributed by atoms with Gasteiger partial charge in [0, 0.05) is 5.56 Å². The van der Waals surface area contributed by atoms with Crippen LogP contribution in [0.2, 0.25) is 0 Å². The summed E-state index contributed by atoms with van der Waals surface area (Å²) in [7, 11) is 1.43. The average Bonchev–Trinajstić information content (AvgIpc) is 3.18. The van der Waals surface area contributed by atoms with E-state index >= 15 is 0 Å². The lowest BCUT2D eigenvalue weighted by Crippen LogP contribution is -2.30. The van der Waals surface area contributed by atoms with Gasteiger partial charge in [-0.1, -0.05) is 41.7 Å². The minimum absolute atomic E-state index is 0.201. The molecule has 0 bridgehead atoms. The van der Waals surface area contributed by atoms with Crippen LogP contribution >= 0.6 is 11.3 Å². The normalized spacial score (nSPS) is 11.3. The number of aromatic nitrogens is 1. The molecule has 1 atom stereocenters. The molecule has 0 fully saturated rings. The lowest BCUT2D eigenvalue weighted by molar-refractivity contribution is -0.137. The van der Waals surface area contributed by atoms with Crippen molar-refractivity contribution in [3.8, 4) is 5.75 Å². The summed E-state index contributed by atoms with van der Waals surface area (Å²) in [5.41, 5.74) is 6.85. The number of amides is 2. The number of anilines is 2. The zero-order valence-corrected chi connectivity index (χ0v) is 19.7. The number of nitrogens with one attached hydrogen (secondary N) is 4. The van der Waals surface area contributed by atoms with Crippen molar-refractivity contribution in [2.45, 2.75) is 19.4 Å². The molecule has 0 aliphatic carbocycles. The molecule has 1 aromatic heterocycles. The van der Waals surface area contributed by atoms with Gasteiger partial charge in [0.2, 0.25) is 0 Å². The number of benzene rings is 2. The van der Waals surface area contributed by atoms with Crippen LogP contribution in [0.1, 0.15) is 43.7 Å². The van der Waals surface area contributed by atoms with Crippen LogP contribution in [0.3, 0.4) is 0 Å². The van der Waals surface area contributed by atoms with Gasteiger partial charge in [-0.2, -0.15) is 0 Å². The number of guanidine groups is 1. The molecule has 182 valence electrons. The van der Waals surface area contributed by atoms with Gasteiger partial charge in [-0.05, 0) is 30.7 Å². The van der Waals surface area contributed by atoms with Crippen molar-refractivity contribution in [1.82, 2.24) is 10.3 Å². The number of hydrogen-bond acceptors (Lipinski definition) is 7. The van der Waals surface area contributed by atoms with Gasteiger partial charge < -0.3 is 31.5 Å². The third kappa shape index (κ3) is 6.54. The van der Waals surface area contributed by atoms with Gasteiger partial charge in [0.25, 0.3) is 11.8 Å². The van der Waals surface area contributed by atoms with E-state index in [1.54, 1.807) is 37.3 Å². The van der Waals surface area contributed by atoms with Crippen LogP contribution in [0.15, 0.2) is 48.5 Å². The van der Waals surface area contributed by atoms with E-state index in [1.807, 2.05) is 0 Å². The number of aliphatic carboxylic acids is 1. The van der Waals surface area contributed by atoms with Gasteiger partial charge in [-0.15, -0.1) is 0 Å². The fraction of sp³-hybridized carbons (Fsp3) is 0.174. The summed E-state index contributed by atoms with van der Waals surface area (Å²) >= 11 is 1.02. The Bertz CT molecular complexity index is 1260. The van der Waals surface area contributed by atoms with E-state index < -0.39 is 23.8 Å². The van der Waals surface area contributed by atoms with Crippen molar-refractivity contribution in [1.29, 1.82) is 5.41 Å². The Morgan fingerprint density at radius 1 is 1.14 bits per heavy atom. The topological polar surface area (TPSA) is 180 Å².